The molecule has 0 fully saturated rings. The largest absolute Gasteiger partial charge is 2.00 e. The first-order valence-electron chi connectivity index (χ1n) is 12.7. The van der Waals surface area contributed by atoms with Gasteiger partial charge in [-0.15, -0.1) is 0 Å². The van der Waals surface area contributed by atoms with E-state index in [0.29, 0.717) is 35.0 Å². The summed E-state index contributed by atoms with van der Waals surface area (Å²) in [5, 5.41) is 11.1. The molecule has 0 aliphatic carbocycles. The summed E-state index contributed by atoms with van der Waals surface area (Å²) in [7, 11) is 9.02. The molecule has 0 unspecified atom stereocenters. The first kappa shape index (κ1) is 39.9. The van der Waals surface area contributed by atoms with E-state index in [-0.39, 0.29) is 64.0 Å². The number of rotatable bonds is 12. The summed E-state index contributed by atoms with van der Waals surface area (Å²) in [6, 6.07) is 3.81. The molecule has 3 aromatic rings. The number of nitrogens with one attached hydrogen (secondary N) is 4. The fourth-order valence-electron chi connectivity index (χ4n) is 4.00. The van der Waals surface area contributed by atoms with E-state index in [9.17, 15) is 19.2 Å². The van der Waals surface area contributed by atoms with Crippen LogP contribution in [0.2, 0.25) is 0 Å². The Kier molecular flexibility index (Phi) is 16.6. The maximum atomic E-state index is 13.0. The fourth-order valence-corrected chi connectivity index (χ4v) is 4.00. The van der Waals surface area contributed by atoms with Gasteiger partial charge in [0.25, 0.3) is 17.7 Å². The molecule has 0 spiro atoms. The second-order valence-corrected chi connectivity index (χ2v) is 9.83. The monoisotopic (exact) mass is 819 g/mol. The predicted octanol–water partition coefficient (Wildman–Crippen LogP) is -5.88. The number of halogens is 2. The first-order chi connectivity index (χ1) is 18.9. The summed E-state index contributed by atoms with van der Waals surface area (Å²) >= 11 is 0. The van der Waals surface area contributed by atoms with Crippen LogP contribution in [0.3, 0.4) is 0 Å². The SMILES string of the molecule is CN(C)CCCNC(=O)c1cc(NC(=O)c2cc(NC(=O)c3cc(NC(=O)[C@H](N)CN)cn3C)cn2C)cn1C.[Cl-].[Cl-].[Pt+2]. The number of aromatic nitrogens is 3. The van der Waals surface area contributed by atoms with Crippen molar-refractivity contribution < 1.29 is 65.1 Å². The molecule has 0 saturated heterocycles. The van der Waals surface area contributed by atoms with E-state index in [4.69, 9.17) is 11.5 Å². The van der Waals surface area contributed by atoms with Crippen LogP contribution in [0.15, 0.2) is 36.8 Å². The number of carbonyl (C=O) groups is 4. The quantitative estimate of drug-likeness (QED) is 0.0984. The Labute approximate surface area is 277 Å². The minimum atomic E-state index is -0.857. The van der Waals surface area contributed by atoms with Crippen molar-refractivity contribution in [2.75, 3.05) is 49.7 Å². The van der Waals surface area contributed by atoms with Crippen LogP contribution < -0.4 is 57.5 Å². The van der Waals surface area contributed by atoms with Crippen LogP contribution in [-0.4, -0.2) is 82.0 Å². The molecule has 14 nitrogen and oxygen atoms in total. The van der Waals surface area contributed by atoms with Gasteiger partial charge >= 0.3 is 21.1 Å². The zero-order chi connectivity index (χ0) is 29.6. The maximum absolute atomic E-state index is 13.0. The molecule has 0 aliphatic heterocycles. The molecule has 8 N–H and O–H groups in total. The molecule has 3 heterocycles. The molecule has 3 aromatic heterocycles. The third-order valence-electron chi connectivity index (χ3n) is 6.15. The Morgan fingerprint density at radius 1 is 0.767 bits per heavy atom. The third-order valence-corrected chi connectivity index (χ3v) is 6.15. The van der Waals surface area contributed by atoms with Gasteiger partial charge in [0, 0.05) is 52.8 Å². The first-order valence-corrected chi connectivity index (χ1v) is 12.7. The summed E-state index contributed by atoms with van der Waals surface area (Å²) in [6.45, 7) is 1.40. The number of carbonyl (C=O) groups excluding carboxylic acids is 4. The number of aryl methyl sites for hydroxylation is 3. The van der Waals surface area contributed by atoms with Gasteiger partial charge in [-0.3, -0.25) is 19.2 Å². The summed E-state index contributed by atoms with van der Waals surface area (Å²) in [5.41, 5.74) is 13.3. The molecule has 0 saturated carbocycles. The van der Waals surface area contributed by atoms with E-state index in [1.54, 1.807) is 65.6 Å². The summed E-state index contributed by atoms with van der Waals surface area (Å²) in [4.78, 5) is 52.5. The van der Waals surface area contributed by atoms with E-state index >= 15 is 0 Å². The van der Waals surface area contributed by atoms with E-state index in [1.807, 2.05) is 19.0 Å². The van der Waals surface area contributed by atoms with Crippen LogP contribution in [-0.2, 0) is 47.0 Å². The van der Waals surface area contributed by atoms with Crippen LogP contribution in [0.1, 0.15) is 37.9 Å². The molecule has 4 amide bonds. The minimum absolute atomic E-state index is 0. The molecule has 17 heteroatoms. The summed E-state index contributed by atoms with van der Waals surface area (Å²) in [5.74, 6) is -1.53. The Morgan fingerprint density at radius 2 is 1.16 bits per heavy atom. The van der Waals surface area contributed by atoms with Crippen LogP contribution >= 0.6 is 0 Å². The average Bonchev–Trinajstić information content (AvgIpc) is 3.56. The van der Waals surface area contributed by atoms with Crippen molar-refractivity contribution in [3.63, 3.8) is 0 Å². The summed E-state index contributed by atoms with van der Waals surface area (Å²) < 4.78 is 4.78. The minimum Gasteiger partial charge on any atom is -1.00 e. The van der Waals surface area contributed by atoms with Crippen molar-refractivity contribution in [2.24, 2.45) is 32.6 Å². The molecule has 0 radical (unpaired) electrons. The number of nitrogens with zero attached hydrogens (tertiary/aromatic N) is 4. The smallest absolute Gasteiger partial charge is 1.00 e. The van der Waals surface area contributed by atoms with Crippen molar-refractivity contribution in [2.45, 2.75) is 12.5 Å². The second-order valence-electron chi connectivity index (χ2n) is 9.83. The van der Waals surface area contributed by atoms with Gasteiger partial charge in [0.05, 0.1) is 23.1 Å². The van der Waals surface area contributed by atoms with Crippen LogP contribution in [0.4, 0.5) is 17.1 Å². The van der Waals surface area contributed by atoms with Crippen LogP contribution in [0, 0.1) is 0 Å². The van der Waals surface area contributed by atoms with Gasteiger partial charge < -0.3 is 76.1 Å². The molecule has 3 rings (SSSR count). The van der Waals surface area contributed by atoms with Gasteiger partial charge in [-0.2, -0.15) is 0 Å². The van der Waals surface area contributed by atoms with Gasteiger partial charge in [-0.05, 0) is 45.3 Å². The maximum Gasteiger partial charge on any atom is 2.00 e. The van der Waals surface area contributed by atoms with E-state index in [2.05, 4.69) is 21.3 Å². The summed E-state index contributed by atoms with van der Waals surface area (Å²) in [6.07, 6.45) is 5.67. The Morgan fingerprint density at radius 3 is 1.56 bits per heavy atom. The molecule has 0 bridgehead atoms. The van der Waals surface area contributed by atoms with Gasteiger partial charge in [-0.1, -0.05) is 0 Å². The zero-order valence-corrected chi connectivity index (χ0v) is 28.3. The van der Waals surface area contributed by atoms with E-state index < -0.39 is 23.8 Å². The number of nitrogens with two attached hydrogens (primary N) is 2. The Hall–Kier alpha value is -3.13. The van der Waals surface area contributed by atoms with Gasteiger partial charge in [0.15, 0.2) is 0 Å². The van der Waals surface area contributed by atoms with Crippen molar-refractivity contribution in [1.29, 1.82) is 0 Å². The molecular weight excluding hydrogens is 782 g/mol. The molecular formula is C26H38Cl2N10O4Pt. The Balaban J connectivity index is 0.00000588. The molecule has 43 heavy (non-hydrogen) atoms. The van der Waals surface area contributed by atoms with Crippen molar-refractivity contribution in [3.05, 3.63) is 53.9 Å². The fraction of sp³-hybridized carbons (Fsp3) is 0.385. The predicted molar refractivity (Wildman–Crippen MR) is 153 cm³/mol. The van der Waals surface area contributed by atoms with Crippen molar-refractivity contribution >= 4 is 40.7 Å². The topological polar surface area (TPSA) is 186 Å². The van der Waals surface area contributed by atoms with Crippen molar-refractivity contribution in [1.82, 2.24) is 23.9 Å². The molecule has 0 aliphatic rings. The second kappa shape index (κ2) is 17.9. The molecule has 1 atom stereocenters. The van der Waals surface area contributed by atoms with Crippen molar-refractivity contribution in [3.8, 4) is 0 Å². The number of amides is 4. The van der Waals surface area contributed by atoms with E-state index in [1.165, 1.54) is 6.07 Å². The normalized spacial score (nSPS) is 11.0. The van der Waals surface area contributed by atoms with Crippen LogP contribution in [0.5, 0.6) is 0 Å². The third kappa shape index (κ3) is 10.8. The molecule has 240 valence electrons. The standard InChI is InChI=1S/C26H38N10O4.2ClH.Pt/c1-33(2)8-6-7-29-24(38)20-9-17(14-34(20)3)31-26(40)22-11-18(15-36(22)5)32-25(39)21-10-16(13-35(21)4)30-23(37)19(28)12-27;;;/h9-11,13-15,19H,6-8,12,27-28H2,1-5H3,(H,29,38)(H,30,37)(H,31,40)(H,32,39);2*1H;/q;;;+2/p-2/t19-;;;/m1.../s1. The zero-order valence-electron chi connectivity index (χ0n) is 24.5. The van der Waals surface area contributed by atoms with Crippen LogP contribution in [0.25, 0.3) is 0 Å². The van der Waals surface area contributed by atoms with Gasteiger partial charge in [0.1, 0.15) is 17.1 Å². The number of anilines is 3. The van der Waals surface area contributed by atoms with Gasteiger partial charge in [-0.25, -0.2) is 0 Å². The average molecular weight is 821 g/mol. The Bertz CT molecular complexity index is 1400. The van der Waals surface area contributed by atoms with Gasteiger partial charge in [0.2, 0.25) is 5.91 Å². The number of hydrogen-bond acceptors (Lipinski definition) is 7. The molecule has 0 aromatic carbocycles. The van der Waals surface area contributed by atoms with E-state index in [0.717, 1.165) is 13.0 Å². The number of hydrogen-bond donors (Lipinski definition) is 6.